The largest absolute Gasteiger partial charge is 0.459 e. The molecule has 336 valence electrons. The zero-order valence-electron chi connectivity index (χ0n) is 37.1. The summed E-state index contributed by atoms with van der Waals surface area (Å²) in [6.07, 6.45) is 0.412. The van der Waals surface area contributed by atoms with Crippen LogP contribution in [0.1, 0.15) is 54.4 Å². The fraction of sp³-hybridized carbons (Fsp3) is 0.375. The molecule has 5 amide bonds. The Labute approximate surface area is 374 Å². The van der Waals surface area contributed by atoms with E-state index in [0.29, 0.717) is 25.4 Å². The normalized spacial score (nSPS) is 11.9. The summed E-state index contributed by atoms with van der Waals surface area (Å²) in [5, 5.41) is 14.7. The van der Waals surface area contributed by atoms with Gasteiger partial charge in [0.15, 0.2) is 0 Å². The van der Waals surface area contributed by atoms with E-state index in [-0.39, 0.29) is 18.7 Å². The second-order valence-corrected chi connectivity index (χ2v) is 21.3. The molecule has 0 aliphatic carbocycles. The average Bonchev–Trinajstić information content (AvgIpc) is 3.25. The highest BCUT2D eigenvalue weighted by Gasteiger charge is 2.27. The van der Waals surface area contributed by atoms with E-state index in [1.807, 2.05) is 77.7 Å². The quantitative estimate of drug-likeness (QED) is 0.0703. The summed E-state index contributed by atoms with van der Waals surface area (Å²) in [5.74, 6) is -2.93. The monoisotopic (exact) mass is 897 g/mol. The number of rotatable bonds is 21. The summed E-state index contributed by atoms with van der Waals surface area (Å²) in [4.78, 5) is 80.1. The van der Waals surface area contributed by atoms with Crippen LogP contribution < -0.4 is 42.5 Å². The lowest BCUT2D eigenvalue weighted by molar-refractivity contribution is -0.154. The van der Waals surface area contributed by atoms with Crippen molar-refractivity contribution in [2.75, 3.05) is 45.0 Å². The van der Waals surface area contributed by atoms with Crippen LogP contribution in [-0.4, -0.2) is 103 Å². The number of carbonyl (C=O) groups excluding carboxylic acids is 6. The maximum absolute atomic E-state index is 14.5. The molecule has 1 atom stereocenters. The number of nitrogens with one attached hydrogen (secondary N) is 4. The van der Waals surface area contributed by atoms with Crippen LogP contribution in [-0.2, 0) is 33.4 Å². The summed E-state index contributed by atoms with van der Waals surface area (Å²) >= 11 is 0. The standard InChI is InChI=1S/C48H61N5O8P2/c1-47(2,3)60-44(57)35-50-45(58)40(52-42(55)34-49-41(54)33-51-46(59)61-48(4,5)6)27-28-43(56)53(29-31-62(36-19-11-7-12-20-36)37-21-13-8-14-22-37)30-32-63(38-23-15-9-16-24-38)39-25-17-10-18-26-39/h7-26,40H,27-35H2,1-6H3,(H,49,54)(H,50,58)(H,51,59)(H,52,55)/t40-/m0/s1. The predicted molar refractivity (Wildman–Crippen MR) is 252 cm³/mol. The van der Waals surface area contributed by atoms with Crippen LogP contribution in [0, 0.1) is 0 Å². The Morgan fingerprint density at radius 3 is 1.37 bits per heavy atom. The van der Waals surface area contributed by atoms with Crippen molar-refractivity contribution in [3.05, 3.63) is 121 Å². The van der Waals surface area contributed by atoms with Gasteiger partial charge in [-0.25, -0.2) is 4.79 Å². The molecular weight excluding hydrogens is 837 g/mol. The van der Waals surface area contributed by atoms with E-state index in [2.05, 4.69) is 69.8 Å². The summed E-state index contributed by atoms with van der Waals surface area (Å²) in [6, 6.07) is 39.9. The van der Waals surface area contributed by atoms with Gasteiger partial charge in [-0.3, -0.25) is 24.0 Å². The van der Waals surface area contributed by atoms with Gasteiger partial charge in [0.1, 0.15) is 30.3 Å². The lowest BCUT2D eigenvalue weighted by atomic mass is 10.1. The second-order valence-electron chi connectivity index (χ2n) is 16.6. The van der Waals surface area contributed by atoms with Crippen molar-refractivity contribution in [2.45, 2.75) is 71.6 Å². The van der Waals surface area contributed by atoms with Crippen molar-refractivity contribution in [3.63, 3.8) is 0 Å². The molecule has 0 aliphatic heterocycles. The fourth-order valence-electron chi connectivity index (χ4n) is 6.36. The Kier molecular flexibility index (Phi) is 19.7. The zero-order chi connectivity index (χ0) is 45.8. The third-order valence-corrected chi connectivity index (χ3v) is 14.2. The number of hydrogen-bond acceptors (Lipinski definition) is 8. The van der Waals surface area contributed by atoms with Crippen LogP contribution >= 0.6 is 15.8 Å². The molecule has 0 aliphatic rings. The minimum Gasteiger partial charge on any atom is -0.459 e. The molecule has 0 aromatic heterocycles. The number of benzene rings is 4. The van der Waals surface area contributed by atoms with E-state index >= 15 is 0 Å². The number of hydrogen-bond donors (Lipinski definition) is 4. The summed E-state index contributed by atoms with van der Waals surface area (Å²) in [6.45, 7) is 9.65. The molecular formula is C48H61N5O8P2. The molecule has 0 heterocycles. The van der Waals surface area contributed by atoms with Gasteiger partial charge in [-0.05, 0) is 97.3 Å². The Morgan fingerprint density at radius 2 is 0.952 bits per heavy atom. The van der Waals surface area contributed by atoms with Crippen molar-refractivity contribution >= 4 is 72.8 Å². The molecule has 4 aromatic carbocycles. The smallest absolute Gasteiger partial charge is 0.408 e. The van der Waals surface area contributed by atoms with Gasteiger partial charge in [-0.15, -0.1) is 0 Å². The maximum atomic E-state index is 14.5. The number of esters is 1. The van der Waals surface area contributed by atoms with E-state index in [0.717, 1.165) is 0 Å². The number of nitrogens with zero attached hydrogens (tertiary/aromatic N) is 1. The molecule has 4 N–H and O–H groups in total. The zero-order valence-corrected chi connectivity index (χ0v) is 38.9. The first-order valence-corrected chi connectivity index (χ1v) is 24.1. The highest BCUT2D eigenvalue weighted by atomic mass is 31.1. The molecule has 4 aromatic rings. The van der Waals surface area contributed by atoms with Crippen molar-refractivity contribution in [1.82, 2.24) is 26.2 Å². The molecule has 15 heteroatoms. The van der Waals surface area contributed by atoms with Gasteiger partial charge in [-0.2, -0.15) is 0 Å². The Balaban J connectivity index is 1.53. The van der Waals surface area contributed by atoms with E-state index in [1.54, 1.807) is 41.5 Å². The third-order valence-electron chi connectivity index (χ3n) is 9.18. The van der Waals surface area contributed by atoms with Gasteiger partial charge in [0.25, 0.3) is 0 Å². The van der Waals surface area contributed by atoms with Crippen LogP contribution in [0.4, 0.5) is 4.79 Å². The van der Waals surface area contributed by atoms with Gasteiger partial charge in [0, 0.05) is 19.5 Å². The molecule has 0 bridgehead atoms. The third kappa shape index (κ3) is 18.7. The van der Waals surface area contributed by atoms with E-state index in [4.69, 9.17) is 9.47 Å². The van der Waals surface area contributed by atoms with Crippen molar-refractivity contribution in [1.29, 1.82) is 0 Å². The van der Waals surface area contributed by atoms with E-state index in [9.17, 15) is 28.8 Å². The van der Waals surface area contributed by atoms with E-state index < -0.39 is 82.5 Å². The average molecular weight is 898 g/mol. The second kappa shape index (κ2) is 24.9. The first-order valence-electron chi connectivity index (χ1n) is 21.0. The van der Waals surface area contributed by atoms with Gasteiger partial charge >= 0.3 is 12.1 Å². The molecule has 63 heavy (non-hydrogen) atoms. The van der Waals surface area contributed by atoms with Crippen molar-refractivity contribution < 1.29 is 38.2 Å². The number of amides is 5. The maximum Gasteiger partial charge on any atom is 0.408 e. The van der Waals surface area contributed by atoms with Crippen LogP contribution in [0.15, 0.2) is 121 Å². The SMILES string of the molecule is CC(C)(C)OC(=O)CNC(=O)[C@H](CCC(=O)N(CCP(c1ccccc1)c1ccccc1)CCP(c1ccccc1)c1ccccc1)NC(=O)CNC(=O)CNC(=O)OC(C)(C)C. The summed E-state index contributed by atoms with van der Waals surface area (Å²) < 4.78 is 10.5. The Bertz CT molecular complexity index is 1920. The molecule has 0 saturated heterocycles. The minimum absolute atomic E-state index is 0.0896. The number of ether oxygens (including phenoxy) is 2. The highest BCUT2D eigenvalue weighted by molar-refractivity contribution is 7.73. The summed E-state index contributed by atoms with van der Waals surface area (Å²) in [5.41, 5.74) is -1.55. The Hall–Kier alpha value is -5.64. The number of alkyl carbamates (subject to hydrolysis) is 1. The Morgan fingerprint density at radius 1 is 0.540 bits per heavy atom. The first-order chi connectivity index (χ1) is 30.0. The minimum atomic E-state index is -1.24. The lowest BCUT2D eigenvalue weighted by Crippen LogP contribution is -2.51. The van der Waals surface area contributed by atoms with Gasteiger partial charge in [0.2, 0.25) is 23.6 Å². The molecule has 4 rings (SSSR count). The van der Waals surface area contributed by atoms with E-state index in [1.165, 1.54) is 21.2 Å². The van der Waals surface area contributed by atoms with Crippen LogP contribution in [0.3, 0.4) is 0 Å². The van der Waals surface area contributed by atoms with Gasteiger partial charge < -0.3 is 35.6 Å². The molecule has 0 spiro atoms. The molecule has 0 radical (unpaired) electrons. The lowest BCUT2D eigenvalue weighted by Gasteiger charge is -2.29. The topological polar surface area (TPSA) is 172 Å². The molecule has 0 unspecified atom stereocenters. The molecule has 0 fully saturated rings. The van der Waals surface area contributed by atoms with Gasteiger partial charge in [0.05, 0.1) is 6.54 Å². The molecule has 0 saturated carbocycles. The van der Waals surface area contributed by atoms with Crippen molar-refractivity contribution in [3.8, 4) is 0 Å². The first kappa shape index (κ1) is 50.0. The summed E-state index contributed by atoms with van der Waals surface area (Å²) in [7, 11) is -1.66. The predicted octanol–water partition coefficient (Wildman–Crippen LogP) is 4.44. The van der Waals surface area contributed by atoms with Crippen LogP contribution in [0.25, 0.3) is 0 Å². The number of carbonyl (C=O) groups is 6. The van der Waals surface area contributed by atoms with Crippen LogP contribution in [0.5, 0.6) is 0 Å². The molecule has 13 nitrogen and oxygen atoms in total. The van der Waals surface area contributed by atoms with Crippen molar-refractivity contribution in [2.24, 2.45) is 0 Å². The van der Waals surface area contributed by atoms with Gasteiger partial charge in [-0.1, -0.05) is 121 Å². The highest BCUT2D eigenvalue weighted by Crippen LogP contribution is 2.35. The van der Waals surface area contributed by atoms with Crippen LogP contribution in [0.2, 0.25) is 0 Å². The fourth-order valence-corrected chi connectivity index (χ4v) is 11.0.